The van der Waals surface area contributed by atoms with Crippen LogP contribution in [-0.4, -0.2) is 5.78 Å². The molecule has 29 heavy (non-hydrogen) atoms. The Kier molecular flexibility index (Phi) is 7.12. The predicted molar refractivity (Wildman–Crippen MR) is 123 cm³/mol. The highest BCUT2D eigenvalue weighted by atomic mass is 16.1. The van der Waals surface area contributed by atoms with Crippen molar-refractivity contribution in [3.05, 3.63) is 0 Å². The number of ketones is 1. The first-order chi connectivity index (χ1) is 14.1. The van der Waals surface area contributed by atoms with Gasteiger partial charge in [-0.05, 0) is 94.3 Å². The number of Topliss-reactive ketones (excluding diaryl/α,β-unsaturated/α-hetero) is 1. The van der Waals surface area contributed by atoms with E-state index in [9.17, 15) is 4.79 Å². The summed E-state index contributed by atoms with van der Waals surface area (Å²) in [6, 6.07) is 0. The van der Waals surface area contributed by atoms with E-state index in [-0.39, 0.29) is 10.8 Å². The summed E-state index contributed by atoms with van der Waals surface area (Å²) in [7, 11) is 0. The lowest BCUT2D eigenvalue weighted by molar-refractivity contribution is -0.169. The van der Waals surface area contributed by atoms with Gasteiger partial charge in [-0.25, -0.2) is 0 Å². The molecular weight excluding hydrogens is 352 g/mol. The third-order valence-electron chi connectivity index (χ3n) is 10.3. The van der Waals surface area contributed by atoms with E-state index in [0.717, 1.165) is 29.5 Å². The molecule has 1 nitrogen and oxygen atoms in total. The first-order valence-electron chi connectivity index (χ1n) is 13.7. The van der Waals surface area contributed by atoms with Crippen molar-refractivity contribution < 1.29 is 4.79 Å². The highest BCUT2D eigenvalue weighted by Crippen LogP contribution is 2.64. The fraction of sp³-hybridized carbons (Fsp3) is 0.964. The Morgan fingerprint density at radius 2 is 1.28 bits per heavy atom. The van der Waals surface area contributed by atoms with Crippen LogP contribution in [0.3, 0.4) is 0 Å². The molecule has 0 bridgehead atoms. The van der Waals surface area contributed by atoms with Gasteiger partial charge in [-0.3, -0.25) is 4.79 Å². The Labute approximate surface area is 181 Å². The van der Waals surface area contributed by atoms with Crippen LogP contribution < -0.4 is 0 Å². The van der Waals surface area contributed by atoms with E-state index < -0.39 is 0 Å². The molecule has 2 spiro atoms. The third kappa shape index (κ3) is 4.50. The van der Waals surface area contributed by atoms with Crippen molar-refractivity contribution in [1.82, 2.24) is 0 Å². The maximum Gasteiger partial charge on any atom is 0.145 e. The van der Waals surface area contributed by atoms with Gasteiger partial charge < -0.3 is 0 Å². The number of rotatable bonds is 7. The molecule has 4 saturated carbocycles. The highest BCUT2D eigenvalue weighted by molar-refractivity contribution is 5.96. The molecule has 0 radical (unpaired) electrons. The molecule has 0 aromatic carbocycles. The second kappa shape index (κ2) is 9.44. The summed E-state index contributed by atoms with van der Waals surface area (Å²) in [6.45, 7) is 4.64. The van der Waals surface area contributed by atoms with Gasteiger partial charge in [0.15, 0.2) is 0 Å². The zero-order valence-corrected chi connectivity index (χ0v) is 19.7. The summed E-state index contributed by atoms with van der Waals surface area (Å²) in [5, 5.41) is 0. The van der Waals surface area contributed by atoms with E-state index in [0.29, 0.717) is 0 Å². The Bertz CT molecular complexity index is 525. The van der Waals surface area contributed by atoms with E-state index in [1.807, 2.05) is 0 Å². The summed E-state index contributed by atoms with van der Waals surface area (Å²) in [6.07, 6.45) is 26.1. The van der Waals surface area contributed by atoms with Gasteiger partial charge in [0.2, 0.25) is 0 Å². The molecule has 0 aromatic heterocycles. The molecule has 4 fully saturated rings. The molecule has 0 amide bonds. The van der Waals surface area contributed by atoms with Crippen LogP contribution in [0.1, 0.15) is 136 Å². The Balaban J connectivity index is 1.19. The Hall–Kier alpha value is -0.330. The fourth-order valence-corrected chi connectivity index (χ4v) is 8.18. The van der Waals surface area contributed by atoms with E-state index in [1.165, 1.54) is 122 Å². The lowest BCUT2D eigenvalue weighted by atomic mass is 9.43. The number of carbonyl (C=O) groups is 1. The number of hydrogen-bond acceptors (Lipinski definition) is 1. The van der Waals surface area contributed by atoms with E-state index >= 15 is 0 Å². The van der Waals surface area contributed by atoms with Crippen LogP contribution in [0.5, 0.6) is 0 Å². The molecule has 166 valence electrons. The van der Waals surface area contributed by atoms with Crippen molar-refractivity contribution in [2.75, 3.05) is 0 Å². The van der Waals surface area contributed by atoms with E-state index in [2.05, 4.69) is 13.8 Å². The molecular formula is C28H48O. The minimum atomic E-state index is 0.145. The Morgan fingerprint density at radius 1 is 0.690 bits per heavy atom. The van der Waals surface area contributed by atoms with E-state index in [1.54, 1.807) is 0 Å². The highest BCUT2D eigenvalue weighted by Gasteiger charge is 2.63. The molecule has 0 unspecified atom stereocenters. The van der Waals surface area contributed by atoms with Gasteiger partial charge in [-0.15, -0.1) is 0 Å². The molecule has 4 rings (SSSR count). The van der Waals surface area contributed by atoms with Crippen molar-refractivity contribution in [3.63, 3.8) is 0 Å². The van der Waals surface area contributed by atoms with Crippen molar-refractivity contribution in [2.24, 2.45) is 34.5 Å². The maximum absolute atomic E-state index is 13.4. The zero-order chi connectivity index (χ0) is 20.3. The molecule has 1 heteroatoms. The lowest BCUT2D eigenvalue weighted by Crippen LogP contribution is -2.59. The van der Waals surface area contributed by atoms with Crippen LogP contribution in [0, 0.1) is 34.5 Å². The quantitative estimate of drug-likeness (QED) is 0.391. The monoisotopic (exact) mass is 400 g/mol. The van der Waals surface area contributed by atoms with Gasteiger partial charge in [0.1, 0.15) is 5.78 Å². The van der Waals surface area contributed by atoms with Crippen LogP contribution in [0.15, 0.2) is 0 Å². The molecule has 0 aromatic rings. The third-order valence-corrected chi connectivity index (χ3v) is 10.3. The zero-order valence-electron chi connectivity index (χ0n) is 19.7. The van der Waals surface area contributed by atoms with Crippen LogP contribution >= 0.6 is 0 Å². The van der Waals surface area contributed by atoms with Gasteiger partial charge in [0.05, 0.1) is 0 Å². The molecule has 0 atom stereocenters. The molecule has 0 saturated heterocycles. The Morgan fingerprint density at radius 3 is 1.83 bits per heavy atom. The molecule has 0 N–H and O–H groups in total. The minimum Gasteiger partial charge on any atom is -0.298 e. The fourth-order valence-electron chi connectivity index (χ4n) is 8.18. The maximum atomic E-state index is 13.4. The lowest BCUT2D eigenvalue weighted by Gasteiger charge is -2.59. The van der Waals surface area contributed by atoms with Crippen LogP contribution in [0.4, 0.5) is 0 Å². The second-order valence-corrected chi connectivity index (χ2v) is 11.9. The molecule has 4 aliphatic carbocycles. The molecule has 4 aliphatic rings. The first kappa shape index (κ1) is 21.9. The average molecular weight is 401 g/mol. The topological polar surface area (TPSA) is 17.1 Å². The summed E-state index contributed by atoms with van der Waals surface area (Å²) in [5.74, 6) is 4.60. The van der Waals surface area contributed by atoms with Gasteiger partial charge >= 0.3 is 0 Å². The number of carbonyl (C=O) groups excluding carboxylic acids is 1. The largest absolute Gasteiger partial charge is 0.298 e. The summed E-state index contributed by atoms with van der Waals surface area (Å²) in [4.78, 5) is 13.4. The van der Waals surface area contributed by atoms with Crippen LogP contribution in [0.25, 0.3) is 0 Å². The summed E-state index contributed by atoms with van der Waals surface area (Å²) >= 11 is 0. The van der Waals surface area contributed by atoms with Crippen molar-refractivity contribution >= 4 is 5.78 Å². The summed E-state index contributed by atoms with van der Waals surface area (Å²) < 4.78 is 0. The predicted octanol–water partition coefficient (Wildman–Crippen LogP) is 8.50. The van der Waals surface area contributed by atoms with Crippen molar-refractivity contribution in [3.8, 4) is 0 Å². The van der Waals surface area contributed by atoms with Crippen molar-refractivity contribution in [1.29, 1.82) is 0 Å². The normalized spacial score (nSPS) is 42.9. The first-order valence-corrected chi connectivity index (χ1v) is 13.7. The number of hydrogen-bond donors (Lipinski definition) is 0. The average Bonchev–Trinajstić information content (AvgIpc) is 2.78. The van der Waals surface area contributed by atoms with Gasteiger partial charge in [0, 0.05) is 10.8 Å². The smallest absolute Gasteiger partial charge is 0.145 e. The van der Waals surface area contributed by atoms with Gasteiger partial charge in [-0.2, -0.15) is 0 Å². The molecule has 0 aliphatic heterocycles. The minimum absolute atomic E-state index is 0.145. The standard InChI is InChI=1S/C28H48O/c1-3-5-6-7-8-23-9-11-24(12-10-23)25-15-19-28(20-16-25)21-27(26(28)29)17-13-22(4-2)14-18-27/h22-25H,3-21H2,1-2H3/t22?,23?,24?,25-,27-,28-. The second-order valence-electron chi connectivity index (χ2n) is 11.9. The van der Waals surface area contributed by atoms with Gasteiger partial charge in [-0.1, -0.05) is 65.2 Å². The SMILES string of the molecule is CCCCCCC1CCC([C@H]2CC[C@]3(CC2)C[C@@]2(CCC(CC)CC2)C3=O)CC1. The summed E-state index contributed by atoms with van der Waals surface area (Å²) in [5.41, 5.74) is 0.292. The van der Waals surface area contributed by atoms with E-state index in [4.69, 9.17) is 0 Å². The number of unbranched alkanes of at least 4 members (excludes halogenated alkanes) is 3. The van der Waals surface area contributed by atoms with Gasteiger partial charge in [0.25, 0.3) is 0 Å². The van der Waals surface area contributed by atoms with Crippen LogP contribution in [0.2, 0.25) is 0 Å². The van der Waals surface area contributed by atoms with Crippen LogP contribution in [-0.2, 0) is 4.79 Å². The van der Waals surface area contributed by atoms with Crippen molar-refractivity contribution in [2.45, 2.75) is 136 Å². The molecule has 0 heterocycles.